The third-order valence-electron chi connectivity index (χ3n) is 4.07. The fourth-order valence-electron chi connectivity index (χ4n) is 2.53. The van der Waals surface area contributed by atoms with Crippen molar-refractivity contribution in [3.8, 4) is 11.1 Å². The molecule has 144 valence electrons. The van der Waals surface area contributed by atoms with Crippen LogP contribution in [-0.4, -0.2) is 40.9 Å². The number of aliphatic hydroxyl groups is 1. The van der Waals surface area contributed by atoms with E-state index < -0.39 is 24.0 Å². The molecule has 0 bridgehead atoms. The van der Waals surface area contributed by atoms with E-state index >= 15 is 0 Å². The average molecular weight is 372 g/mol. The van der Waals surface area contributed by atoms with Gasteiger partial charge in [0.2, 0.25) is 0 Å². The summed E-state index contributed by atoms with van der Waals surface area (Å²) in [6, 6.07) is 13.6. The first-order valence-electron chi connectivity index (χ1n) is 8.66. The molecule has 0 aliphatic rings. The van der Waals surface area contributed by atoms with Crippen LogP contribution in [0.1, 0.15) is 29.8 Å². The second-order valence-electron chi connectivity index (χ2n) is 6.08. The zero-order chi connectivity index (χ0) is 19.8. The van der Waals surface area contributed by atoms with Crippen LogP contribution in [0.25, 0.3) is 11.1 Å². The van der Waals surface area contributed by atoms with Gasteiger partial charge < -0.3 is 15.2 Å². The third-order valence-corrected chi connectivity index (χ3v) is 4.07. The van der Waals surface area contributed by atoms with Crippen molar-refractivity contribution in [1.29, 1.82) is 0 Å². The lowest BCUT2D eigenvalue weighted by molar-refractivity contribution is -0.133. The van der Waals surface area contributed by atoms with Crippen LogP contribution >= 0.6 is 0 Å². The Morgan fingerprint density at radius 3 is 2.07 bits per heavy atom. The lowest BCUT2D eigenvalue weighted by atomic mass is 10.0. The Morgan fingerprint density at radius 2 is 1.59 bits per heavy atom. The number of aliphatic hydroxyl groups excluding tert-OH is 1. The molecule has 0 unspecified atom stereocenters. The van der Waals surface area contributed by atoms with Gasteiger partial charge in [-0.15, -0.1) is 0 Å². The summed E-state index contributed by atoms with van der Waals surface area (Å²) in [4.78, 5) is 23.8. The number of carbonyl (C=O) groups is 2. The quantitative estimate of drug-likeness (QED) is 0.418. The fourth-order valence-corrected chi connectivity index (χ4v) is 2.53. The van der Waals surface area contributed by atoms with Gasteiger partial charge in [0.1, 0.15) is 6.04 Å². The lowest BCUT2D eigenvalue weighted by Crippen LogP contribution is -2.51. The summed E-state index contributed by atoms with van der Waals surface area (Å²) in [5.41, 5.74) is 4.79. The molecule has 2 rings (SSSR count). The molecule has 7 nitrogen and oxygen atoms in total. The standard InChI is InChI=1S/C20H24N2O5/c1-3-27-12-14-4-6-15(7-5-14)16-8-10-17(11-9-16)19(24)21-18(13(2)23)20(25)22-26/h4-11,13,18,23,26H,3,12H2,1-2H3,(H,21,24)(H,22,25)/t13-,18+/m1/s1. The lowest BCUT2D eigenvalue weighted by Gasteiger charge is -2.19. The van der Waals surface area contributed by atoms with E-state index in [1.54, 1.807) is 24.3 Å². The summed E-state index contributed by atoms with van der Waals surface area (Å²) in [7, 11) is 0. The van der Waals surface area contributed by atoms with Crippen LogP contribution in [0.15, 0.2) is 48.5 Å². The Kier molecular flexibility index (Phi) is 7.48. The Hall–Kier alpha value is -2.74. The zero-order valence-electron chi connectivity index (χ0n) is 15.3. The van der Waals surface area contributed by atoms with Gasteiger partial charge in [-0.25, -0.2) is 5.48 Å². The van der Waals surface area contributed by atoms with Gasteiger partial charge in [-0.1, -0.05) is 36.4 Å². The smallest absolute Gasteiger partial charge is 0.268 e. The number of ether oxygens (including phenoxy) is 1. The Labute approximate surface area is 157 Å². The van der Waals surface area contributed by atoms with Crippen molar-refractivity contribution in [2.24, 2.45) is 0 Å². The van der Waals surface area contributed by atoms with E-state index in [2.05, 4.69) is 5.32 Å². The maximum Gasteiger partial charge on any atom is 0.268 e. The molecule has 0 fully saturated rings. The highest BCUT2D eigenvalue weighted by Gasteiger charge is 2.25. The minimum Gasteiger partial charge on any atom is -0.391 e. The molecule has 7 heteroatoms. The normalized spacial score (nSPS) is 12.9. The summed E-state index contributed by atoms with van der Waals surface area (Å²) in [6.45, 7) is 4.53. The van der Waals surface area contributed by atoms with Crippen molar-refractivity contribution in [2.75, 3.05) is 6.61 Å². The van der Waals surface area contributed by atoms with Crippen molar-refractivity contribution in [3.05, 3.63) is 59.7 Å². The number of rotatable bonds is 8. The fraction of sp³-hybridized carbons (Fsp3) is 0.300. The molecule has 0 saturated heterocycles. The number of hydrogen-bond acceptors (Lipinski definition) is 5. The molecule has 2 aromatic carbocycles. The van der Waals surface area contributed by atoms with Gasteiger partial charge in [-0.3, -0.25) is 14.8 Å². The van der Waals surface area contributed by atoms with Gasteiger partial charge in [-0.2, -0.15) is 0 Å². The van der Waals surface area contributed by atoms with Crippen LogP contribution < -0.4 is 10.8 Å². The number of nitrogens with one attached hydrogen (secondary N) is 2. The molecule has 2 aromatic rings. The maximum absolute atomic E-state index is 12.3. The van der Waals surface area contributed by atoms with Crippen molar-refractivity contribution < 1.29 is 24.6 Å². The Bertz CT molecular complexity index is 757. The highest BCUT2D eigenvalue weighted by Crippen LogP contribution is 2.21. The van der Waals surface area contributed by atoms with E-state index in [1.807, 2.05) is 31.2 Å². The summed E-state index contributed by atoms with van der Waals surface area (Å²) >= 11 is 0. The Balaban J connectivity index is 2.07. The van der Waals surface area contributed by atoms with Crippen molar-refractivity contribution >= 4 is 11.8 Å². The molecule has 0 heterocycles. The van der Waals surface area contributed by atoms with E-state index in [0.717, 1.165) is 16.7 Å². The molecule has 2 atom stereocenters. The molecule has 2 amide bonds. The van der Waals surface area contributed by atoms with E-state index in [1.165, 1.54) is 12.4 Å². The molecule has 0 aromatic heterocycles. The first kappa shape index (κ1) is 20.6. The highest BCUT2D eigenvalue weighted by atomic mass is 16.5. The van der Waals surface area contributed by atoms with Gasteiger partial charge in [0.25, 0.3) is 11.8 Å². The number of carbonyl (C=O) groups excluding carboxylic acids is 2. The van der Waals surface area contributed by atoms with Gasteiger partial charge >= 0.3 is 0 Å². The topological polar surface area (TPSA) is 108 Å². The zero-order valence-corrected chi connectivity index (χ0v) is 15.3. The summed E-state index contributed by atoms with van der Waals surface area (Å²) in [5.74, 6) is -1.41. The average Bonchev–Trinajstić information content (AvgIpc) is 2.70. The van der Waals surface area contributed by atoms with Crippen LogP contribution in [0.3, 0.4) is 0 Å². The SMILES string of the molecule is CCOCc1ccc(-c2ccc(C(=O)N[C@H](C(=O)NO)[C@@H](C)O)cc2)cc1. The number of hydroxylamine groups is 1. The molecular weight excluding hydrogens is 348 g/mol. The predicted octanol–water partition coefficient (Wildman–Crippen LogP) is 1.87. The minimum absolute atomic E-state index is 0.336. The number of amides is 2. The molecule has 0 radical (unpaired) electrons. The van der Waals surface area contributed by atoms with Crippen LogP contribution in [0.5, 0.6) is 0 Å². The van der Waals surface area contributed by atoms with E-state index in [9.17, 15) is 14.7 Å². The Morgan fingerprint density at radius 1 is 1.04 bits per heavy atom. The molecule has 27 heavy (non-hydrogen) atoms. The van der Waals surface area contributed by atoms with Crippen LogP contribution in [0, 0.1) is 0 Å². The largest absolute Gasteiger partial charge is 0.391 e. The molecule has 0 aliphatic carbocycles. The van der Waals surface area contributed by atoms with Crippen molar-refractivity contribution in [2.45, 2.75) is 32.6 Å². The number of hydrogen-bond donors (Lipinski definition) is 4. The van der Waals surface area contributed by atoms with Crippen molar-refractivity contribution in [1.82, 2.24) is 10.8 Å². The second kappa shape index (κ2) is 9.82. The van der Waals surface area contributed by atoms with E-state index in [-0.39, 0.29) is 0 Å². The van der Waals surface area contributed by atoms with Gasteiger partial charge in [0.15, 0.2) is 0 Å². The van der Waals surface area contributed by atoms with E-state index in [4.69, 9.17) is 9.94 Å². The third kappa shape index (κ3) is 5.62. The summed E-state index contributed by atoms with van der Waals surface area (Å²) in [6.07, 6.45) is -1.16. The van der Waals surface area contributed by atoms with Gasteiger partial charge in [0.05, 0.1) is 12.7 Å². The van der Waals surface area contributed by atoms with Crippen LogP contribution in [0.2, 0.25) is 0 Å². The maximum atomic E-state index is 12.3. The summed E-state index contributed by atoms with van der Waals surface area (Å²) in [5, 5.41) is 20.7. The molecular formula is C20H24N2O5. The summed E-state index contributed by atoms with van der Waals surface area (Å²) < 4.78 is 5.37. The minimum atomic E-state index is -1.25. The van der Waals surface area contributed by atoms with E-state index in [0.29, 0.717) is 18.8 Å². The molecule has 4 N–H and O–H groups in total. The van der Waals surface area contributed by atoms with Gasteiger partial charge in [0, 0.05) is 12.2 Å². The monoisotopic (exact) mass is 372 g/mol. The molecule has 0 aliphatic heterocycles. The van der Waals surface area contributed by atoms with Gasteiger partial charge in [-0.05, 0) is 42.7 Å². The second-order valence-corrected chi connectivity index (χ2v) is 6.08. The highest BCUT2D eigenvalue weighted by molar-refractivity contribution is 5.97. The molecule has 0 spiro atoms. The first-order valence-corrected chi connectivity index (χ1v) is 8.66. The number of benzene rings is 2. The van der Waals surface area contributed by atoms with Crippen LogP contribution in [-0.2, 0) is 16.1 Å². The molecule has 0 saturated carbocycles. The van der Waals surface area contributed by atoms with Crippen molar-refractivity contribution in [3.63, 3.8) is 0 Å². The van der Waals surface area contributed by atoms with Crippen LogP contribution in [0.4, 0.5) is 0 Å². The predicted molar refractivity (Wildman–Crippen MR) is 100 cm³/mol. The first-order chi connectivity index (χ1) is 13.0.